The molecule has 1 aliphatic heterocycles. The highest BCUT2D eigenvalue weighted by Crippen LogP contribution is 2.26. The van der Waals surface area contributed by atoms with Gasteiger partial charge in [-0.25, -0.2) is 0 Å². The van der Waals surface area contributed by atoms with Crippen molar-refractivity contribution in [3.05, 3.63) is 35.9 Å². The molecule has 3 atom stereocenters. The van der Waals surface area contributed by atoms with Gasteiger partial charge in [-0.1, -0.05) is 37.3 Å². The van der Waals surface area contributed by atoms with Gasteiger partial charge in [0.2, 0.25) is 0 Å². The molecule has 0 bridgehead atoms. The molecule has 1 aliphatic rings. The molecule has 1 fully saturated rings. The Morgan fingerprint density at radius 1 is 1.11 bits per heavy atom. The molecule has 0 aromatic heterocycles. The molecule has 1 heterocycles. The fourth-order valence-corrected chi connectivity index (χ4v) is 3.13. The average molecular weight is 246 g/mol. The van der Waals surface area contributed by atoms with Crippen LogP contribution in [0.3, 0.4) is 0 Å². The van der Waals surface area contributed by atoms with Crippen molar-refractivity contribution >= 4 is 0 Å². The zero-order valence-corrected chi connectivity index (χ0v) is 12.1. The second-order valence-electron chi connectivity index (χ2n) is 5.57. The molecule has 2 rings (SSSR count). The molecule has 1 saturated heterocycles. The molecule has 1 unspecified atom stereocenters. The Kier molecular flexibility index (Phi) is 4.41. The van der Waals surface area contributed by atoms with Crippen LogP contribution in [0.15, 0.2) is 30.3 Å². The maximum atomic E-state index is 2.64. The fraction of sp³-hybridized carbons (Fsp3) is 0.625. The van der Waals surface area contributed by atoms with Gasteiger partial charge >= 0.3 is 0 Å². The first-order valence-corrected chi connectivity index (χ1v) is 7.18. The summed E-state index contributed by atoms with van der Waals surface area (Å²) in [4.78, 5) is 5.23. The third-order valence-corrected chi connectivity index (χ3v) is 4.35. The summed E-state index contributed by atoms with van der Waals surface area (Å²) in [5.74, 6) is 0. The largest absolute Gasteiger partial charge is 0.298 e. The van der Waals surface area contributed by atoms with Crippen molar-refractivity contribution in [2.45, 2.75) is 45.8 Å². The van der Waals surface area contributed by atoms with Crippen LogP contribution < -0.4 is 0 Å². The molecule has 0 saturated carbocycles. The zero-order valence-electron chi connectivity index (χ0n) is 12.1. The highest BCUT2D eigenvalue weighted by molar-refractivity contribution is 5.18. The van der Waals surface area contributed by atoms with Gasteiger partial charge in [0.1, 0.15) is 0 Å². The number of nitrogens with zero attached hydrogens (tertiary/aromatic N) is 2. The summed E-state index contributed by atoms with van der Waals surface area (Å²) >= 11 is 0. The van der Waals surface area contributed by atoms with E-state index in [0.29, 0.717) is 18.1 Å². The monoisotopic (exact) mass is 246 g/mol. The van der Waals surface area contributed by atoms with Crippen molar-refractivity contribution in [2.24, 2.45) is 0 Å². The van der Waals surface area contributed by atoms with E-state index in [-0.39, 0.29) is 0 Å². The van der Waals surface area contributed by atoms with E-state index in [9.17, 15) is 0 Å². The summed E-state index contributed by atoms with van der Waals surface area (Å²) in [5.41, 5.74) is 1.43. The third kappa shape index (κ3) is 2.76. The van der Waals surface area contributed by atoms with E-state index in [1.807, 2.05) is 0 Å². The number of hydrogen-bond donors (Lipinski definition) is 0. The molecule has 2 nitrogen and oxygen atoms in total. The van der Waals surface area contributed by atoms with Gasteiger partial charge in [0.05, 0.1) is 0 Å². The van der Waals surface area contributed by atoms with E-state index >= 15 is 0 Å². The van der Waals surface area contributed by atoms with E-state index in [4.69, 9.17) is 0 Å². The Hall–Kier alpha value is -0.860. The SMILES string of the molecule is CCN1C[C@H](C)N(C(C)c2ccccc2)C[C@H]1C. The predicted octanol–water partition coefficient (Wildman–Crippen LogP) is 3.16. The molecule has 1 aromatic carbocycles. The molecule has 0 radical (unpaired) electrons. The molecule has 0 N–H and O–H groups in total. The van der Waals surface area contributed by atoms with Crippen molar-refractivity contribution in [2.75, 3.05) is 19.6 Å². The second kappa shape index (κ2) is 5.85. The quantitative estimate of drug-likeness (QED) is 0.808. The molecule has 100 valence electrons. The average Bonchev–Trinajstić information content (AvgIpc) is 2.41. The third-order valence-electron chi connectivity index (χ3n) is 4.35. The van der Waals surface area contributed by atoms with E-state index in [0.717, 1.165) is 0 Å². The Morgan fingerprint density at radius 2 is 1.78 bits per heavy atom. The lowest BCUT2D eigenvalue weighted by atomic mass is 10.0. The zero-order chi connectivity index (χ0) is 13.1. The van der Waals surface area contributed by atoms with Gasteiger partial charge in [0.15, 0.2) is 0 Å². The summed E-state index contributed by atoms with van der Waals surface area (Å²) < 4.78 is 0. The molecular weight excluding hydrogens is 220 g/mol. The van der Waals surface area contributed by atoms with Crippen molar-refractivity contribution in [3.63, 3.8) is 0 Å². The Balaban J connectivity index is 2.09. The second-order valence-corrected chi connectivity index (χ2v) is 5.57. The lowest BCUT2D eigenvalue weighted by molar-refractivity contribution is 0.0216. The van der Waals surface area contributed by atoms with E-state index < -0.39 is 0 Å². The first-order valence-electron chi connectivity index (χ1n) is 7.18. The van der Waals surface area contributed by atoms with Crippen LogP contribution in [0.2, 0.25) is 0 Å². The van der Waals surface area contributed by atoms with E-state index in [2.05, 4.69) is 67.8 Å². The van der Waals surface area contributed by atoms with Gasteiger partial charge in [-0.15, -0.1) is 0 Å². The number of piperazine rings is 1. The summed E-state index contributed by atoms with van der Waals surface area (Å²) in [6.07, 6.45) is 0. The van der Waals surface area contributed by atoms with Crippen LogP contribution in [-0.4, -0.2) is 41.5 Å². The normalized spacial score (nSPS) is 28.2. The van der Waals surface area contributed by atoms with Crippen LogP contribution >= 0.6 is 0 Å². The number of likely N-dealkylation sites (N-methyl/N-ethyl adjacent to an activating group) is 1. The summed E-state index contributed by atoms with van der Waals surface area (Å²) in [5, 5.41) is 0. The fourth-order valence-electron chi connectivity index (χ4n) is 3.13. The van der Waals surface area contributed by atoms with Crippen LogP contribution in [0, 0.1) is 0 Å². The van der Waals surface area contributed by atoms with E-state index in [1.54, 1.807) is 0 Å². The molecule has 0 amide bonds. The smallest absolute Gasteiger partial charge is 0.0323 e. The van der Waals surface area contributed by atoms with Crippen LogP contribution in [0.25, 0.3) is 0 Å². The number of benzene rings is 1. The summed E-state index contributed by atoms with van der Waals surface area (Å²) in [6.45, 7) is 12.8. The van der Waals surface area contributed by atoms with Gasteiger partial charge in [-0.3, -0.25) is 9.80 Å². The van der Waals surface area contributed by atoms with Crippen LogP contribution in [0.5, 0.6) is 0 Å². The minimum atomic E-state index is 0.516. The van der Waals surface area contributed by atoms with Crippen molar-refractivity contribution in [1.82, 2.24) is 9.80 Å². The van der Waals surface area contributed by atoms with Gasteiger partial charge in [0.25, 0.3) is 0 Å². The molecule has 0 spiro atoms. The Morgan fingerprint density at radius 3 is 2.39 bits per heavy atom. The topological polar surface area (TPSA) is 6.48 Å². The maximum absolute atomic E-state index is 2.64. The standard InChI is InChI=1S/C16H26N2/c1-5-17-11-14(3)18(12-13(17)2)15(4)16-9-7-6-8-10-16/h6-10,13-15H,5,11-12H2,1-4H3/t13-,14+,15?/m1/s1. The Bertz CT molecular complexity index is 363. The van der Waals surface area contributed by atoms with Gasteiger partial charge in [0, 0.05) is 31.2 Å². The van der Waals surface area contributed by atoms with E-state index in [1.165, 1.54) is 25.2 Å². The van der Waals surface area contributed by atoms with Crippen LogP contribution in [0.1, 0.15) is 39.3 Å². The lowest BCUT2D eigenvalue weighted by Crippen LogP contribution is -2.56. The van der Waals surface area contributed by atoms with Gasteiger partial charge in [-0.2, -0.15) is 0 Å². The molecule has 2 heteroatoms. The predicted molar refractivity (Wildman–Crippen MR) is 77.7 cm³/mol. The number of rotatable bonds is 3. The lowest BCUT2D eigenvalue weighted by Gasteiger charge is -2.46. The van der Waals surface area contributed by atoms with Crippen molar-refractivity contribution < 1.29 is 0 Å². The first kappa shape index (κ1) is 13.6. The van der Waals surface area contributed by atoms with Crippen molar-refractivity contribution in [1.29, 1.82) is 0 Å². The maximum Gasteiger partial charge on any atom is 0.0323 e. The van der Waals surface area contributed by atoms with Gasteiger partial charge in [-0.05, 0) is 32.9 Å². The highest BCUT2D eigenvalue weighted by atomic mass is 15.3. The molecule has 18 heavy (non-hydrogen) atoms. The minimum absolute atomic E-state index is 0.516. The van der Waals surface area contributed by atoms with Crippen molar-refractivity contribution in [3.8, 4) is 0 Å². The van der Waals surface area contributed by atoms with Crippen LogP contribution in [-0.2, 0) is 0 Å². The first-order chi connectivity index (χ1) is 8.63. The summed E-state index contributed by atoms with van der Waals surface area (Å²) in [6, 6.07) is 12.7. The highest BCUT2D eigenvalue weighted by Gasteiger charge is 2.31. The molecule has 0 aliphatic carbocycles. The number of hydrogen-bond acceptors (Lipinski definition) is 2. The Labute approximate surface area is 112 Å². The minimum Gasteiger partial charge on any atom is -0.298 e. The summed E-state index contributed by atoms with van der Waals surface area (Å²) in [7, 11) is 0. The molecular formula is C16H26N2. The van der Waals surface area contributed by atoms with Crippen LogP contribution in [0.4, 0.5) is 0 Å². The van der Waals surface area contributed by atoms with Gasteiger partial charge < -0.3 is 0 Å². The molecule has 1 aromatic rings.